The van der Waals surface area contributed by atoms with Crippen LogP contribution < -0.4 is 0 Å². The highest BCUT2D eigenvalue weighted by Crippen LogP contribution is 2.46. The number of imidazole rings is 1. The van der Waals surface area contributed by atoms with Crippen LogP contribution in [0.2, 0.25) is 0 Å². The van der Waals surface area contributed by atoms with Crippen molar-refractivity contribution in [3.05, 3.63) is 40.3 Å². The largest absolute Gasteiger partial charge is 0.341 e. The summed E-state index contributed by atoms with van der Waals surface area (Å²) in [5.74, 6) is 0.827. The zero-order valence-electron chi connectivity index (χ0n) is 12.5. The van der Waals surface area contributed by atoms with E-state index in [0.29, 0.717) is 0 Å². The van der Waals surface area contributed by atoms with Crippen molar-refractivity contribution >= 4 is 0 Å². The number of hydrogen-bond acceptors (Lipinski definition) is 2. The van der Waals surface area contributed by atoms with Crippen LogP contribution >= 0.6 is 0 Å². The molecule has 0 spiro atoms. The molecule has 102 valence electrons. The van der Waals surface area contributed by atoms with E-state index in [1.807, 2.05) is 6.20 Å². The lowest BCUT2D eigenvalue weighted by Gasteiger charge is -2.14. The number of aromatic amines is 1. The number of aromatic nitrogens is 2. The van der Waals surface area contributed by atoms with E-state index in [1.165, 1.54) is 27.8 Å². The highest BCUT2D eigenvalue weighted by Gasteiger charge is 2.47. The molecule has 0 unspecified atom stereocenters. The summed E-state index contributed by atoms with van der Waals surface area (Å²) in [6, 6.07) is 4.62. The Morgan fingerprint density at radius 3 is 2.25 bits per heavy atom. The number of nitrogens with one attached hydrogen (secondary N) is 1. The fraction of sp³-hybridized carbons (Fsp3) is 0.412. The van der Waals surface area contributed by atoms with Crippen LogP contribution in [-0.4, -0.2) is 9.97 Å². The molecule has 0 saturated heterocycles. The molecule has 0 atom stereocenters. The summed E-state index contributed by atoms with van der Waals surface area (Å²) in [5, 5.41) is 9.28. The van der Waals surface area contributed by atoms with Crippen molar-refractivity contribution in [2.24, 2.45) is 0 Å². The Hall–Kier alpha value is -2.08. The third-order valence-electron chi connectivity index (χ3n) is 4.63. The second-order valence-corrected chi connectivity index (χ2v) is 5.97. The Balaban J connectivity index is 2.14. The second kappa shape index (κ2) is 4.21. The first-order chi connectivity index (χ1) is 9.48. The minimum atomic E-state index is -0.348. The summed E-state index contributed by atoms with van der Waals surface area (Å²) in [4.78, 5) is 7.85. The summed E-state index contributed by atoms with van der Waals surface area (Å²) in [7, 11) is 0. The molecular formula is C17H19N3. The molecule has 1 aliphatic rings. The molecule has 2 aromatic rings. The topological polar surface area (TPSA) is 52.5 Å². The van der Waals surface area contributed by atoms with E-state index in [9.17, 15) is 5.26 Å². The fourth-order valence-corrected chi connectivity index (χ4v) is 2.84. The second-order valence-electron chi connectivity index (χ2n) is 5.97. The molecule has 20 heavy (non-hydrogen) atoms. The Kier molecular flexibility index (Phi) is 2.72. The van der Waals surface area contributed by atoms with Gasteiger partial charge in [0.1, 0.15) is 11.2 Å². The van der Waals surface area contributed by atoms with Gasteiger partial charge < -0.3 is 4.98 Å². The summed E-state index contributed by atoms with van der Waals surface area (Å²) in [6.45, 7) is 8.57. The van der Waals surface area contributed by atoms with Crippen molar-refractivity contribution in [1.82, 2.24) is 9.97 Å². The number of hydrogen-bond donors (Lipinski definition) is 1. The number of aryl methyl sites for hydroxylation is 2. The monoisotopic (exact) mass is 265 g/mol. The molecule has 1 aliphatic carbocycles. The predicted octanol–water partition coefficient (Wildman–Crippen LogP) is 3.87. The molecule has 1 saturated carbocycles. The molecule has 1 fully saturated rings. The molecule has 1 N–H and O–H groups in total. The van der Waals surface area contributed by atoms with E-state index >= 15 is 0 Å². The first kappa shape index (κ1) is 12.9. The Labute approximate surface area is 119 Å². The highest BCUT2D eigenvalue weighted by atomic mass is 15.0. The summed E-state index contributed by atoms with van der Waals surface area (Å²) < 4.78 is 0. The molecule has 3 rings (SSSR count). The van der Waals surface area contributed by atoms with Gasteiger partial charge in [-0.15, -0.1) is 0 Å². The van der Waals surface area contributed by atoms with Crippen LogP contribution in [0.5, 0.6) is 0 Å². The van der Waals surface area contributed by atoms with Gasteiger partial charge in [0.05, 0.1) is 18.0 Å². The number of benzene rings is 1. The van der Waals surface area contributed by atoms with E-state index in [0.717, 1.165) is 24.4 Å². The Morgan fingerprint density at radius 2 is 1.75 bits per heavy atom. The lowest BCUT2D eigenvalue weighted by molar-refractivity contribution is 0.822. The van der Waals surface area contributed by atoms with Crippen molar-refractivity contribution < 1.29 is 0 Å². The molecule has 0 radical (unpaired) electrons. The van der Waals surface area contributed by atoms with Crippen molar-refractivity contribution in [2.75, 3.05) is 0 Å². The van der Waals surface area contributed by atoms with Gasteiger partial charge in [-0.3, -0.25) is 0 Å². The van der Waals surface area contributed by atoms with Crippen LogP contribution in [0.4, 0.5) is 0 Å². The summed E-state index contributed by atoms with van der Waals surface area (Å²) >= 11 is 0. The minimum absolute atomic E-state index is 0.348. The maximum Gasteiger partial charge on any atom is 0.127 e. The van der Waals surface area contributed by atoms with Crippen molar-refractivity contribution in [3.63, 3.8) is 0 Å². The van der Waals surface area contributed by atoms with E-state index in [2.05, 4.69) is 49.8 Å². The van der Waals surface area contributed by atoms with Crippen LogP contribution in [-0.2, 0) is 5.41 Å². The Bertz CT molecular complexity index is 701. The average molecular weight is 265 g/mol. The summed E-state index contributed by atoms with van der Waals surface area (Å²) in [5.41, 5.74) is 7.06. The Morgan fingerprint density at radius 1 is 1.15 bits per heavy atom. The first-order valence-electron chi connectivity index (χ1n) is 7.03. The van der Waals surface area contributed by atoms with Gasteiger partial charge in [-0.25, -0.2) is 4.98 Å². The summed E-state index contributed by atoms with van der Waals surface area (Å²) in [6.07, 6.45) is 3.71. The number of H-pyrrole nitrogens is 1. The average Bonchev–Trinajstić information content (AvgIpc) is 3.08. The molecule has 1 heterocycles. The van der Waals surface area contributed by atoms with Crippen molar-refractivity contribution in [2.45, 2.75) is 46.0 Å². The lowest BCUT2D eigenvalue weighted by Crippen LogP contribution is -2.05. The molecular weight excluding hydrogens is 246 g/mol. The van der Waals surface area contributed by atoms with Gasteiger partial charge >= 0.3 is 0 Å². The molecule has 0 aliphatic heterocycles. The van der Waals surface area contributed by atoms with E-state index in [4.69, 9.17) is 0 Å². The number of nitriles is 1. The van der Waals surface area contributed by atoms with Gasteiger partial charge in [0.2, 0.25) is 0 Å². The highest BCUT2D eigenvalue weighted by molar-refractivity contribution is 5.70. The molecule has 1 aromatic heterocycles. The normalized spacial score (nSPS) is 15.9. The van der Waals surface area contributed by atoms with E-state index in [-0.39, 0.29) is 5.41 Å². The minimum Gasteiger partial charge on any atom is -0.341 e. The first-order valence-corrected chi connectivity index (χ1v) is 7.03. The number of nitrogens with zero attached hydrogens (tertiary/aromatic N) is 2. The maximum absolute atomic E-state index is 9.28. The third-order valence-corrected chi connectivity index (χ3v) is 4.63. The SMILES string of the molecule is Cc1cc(C)c(C)c(-c2cnc(C3(C#N)CC3)[nH]2)c1C. The molecule has 3 heteroatoms. The van der Waals surface area contributed by atoms with Crippen LogP contribution in [0.15, 0.2) is 12.3 Å². The van der Waals surface area contributed by atoms with E-state index in [1.54, 1.807) is 0 Å². The zero-order valence-corrected chi connectivity index (χ0v) is 12.5. The third kappa shape index (κ3) is 1.76. The van der Waals surface area contributed by atoms with Crippen LogP contribution in [0, 0.1) is 39.0 Å². The van der Waals surface area contributed by atoms with Crippen molar-refractivity contribution in [3.8, 4) is 17.3 Å². The smallest absolute Gasteiger partial charge is 0.127 e. The predicted molar refractivity (Wildman–Crippen MR) is 79.5 cm³/mol. The standard InChI is InChI=1S/C17H19N3/c1-10-7-11(2)13(4)15(12(10)3)14-8-19-16(20-14)17(9-18)5-6-17/h7-8H,5-6H2,1-4H3,(H,19,20). The van der Waals surface area contributed by atoms with Crippen LogP contribution in [0.1, 0.15) is 40.9 Å². The lowest BCUT2D eigenvalue weighted by atomic mass is 9.93. The molecule has 0 bridgehead atoms. The van der Waals surface area contributed by atoms with E-state index < -0.39 is 0 Å². The van der Waals surface area contributed by atoms with Gasteiger partial charge in [0, 0.05) is 5.56 Å². The van der Waals surface area contributed by atoms with Gasteiger partial charge in [0.15, 0.2) is 0 Å². The van der Waals surface area contributed by atoms with Gasteiger partial charge in [-0.1, -0.05) is 6.07 Å². The van der Waals surface area contributed by atoms with Gasteiger partial charge in [-0.2, -0.15) is 5.26 Å². The molecule has 1 aromatic carbocycles. The van der Waals surface area contributed by atoms with Gasteiger partial charge in [0.25, 0.3) is 0 Å². The maximum atomic E-state index is 9.28. The van der Waals surface area contributed by atoms with Crippen LogP contribution in [0.3, 0.4) is 0 Å². The number of rotatable bonds is 2. The zero-order chi connectivity index (χ0) is 14.5. The quantitative estimate of drug-likeness (QED) is 0.896. The van der Waals surface area contributed by atoms with Crippen molar-refractivity contribution in [1.29, 1.82) is 5.26 Å². The molecule has 3 nitrogen and oxygen atoms in total. The molecule has 0 amide bonds. The fourth-order valence-electron chi connectivity index (χ4n) is 2.84. The van der Waals surface area contributed by atoms with Gasteiger partial charge in [-0.05, 0) is 62.8 Å². The van der Waals surface area contributed by atoms with Crippen LogP contribution in [0.25, 0.3) is 11.3 Å².